The molecule has 336 valence electrons. The molecule has 0 aromatic carbocycles. The van der Waals surface area contributed by atoms with Gasteiger partial charge in [0.1, 0.15) is 85.9 Å². The molecule has 59 heavy (non-hydrogen) atoms. The summed E-state index contributed by atoms with van der Waals surface area (Å²) in [5.74, 6) is -5.74. The highest BCUT2D eigenvalue weighted by Crippen LogP contribution is 2.35. The minimum atomic E-state index is -2.27. The molecule has 0 spiro atoms. The molecule has 0 aromatic rings. The number of methoxy groups -OCH3 is 1. The summed E-state index contributed by atoms with van der Waals surface area (Å²) < 4.78 is 49.8. The SMILES string of the molecule is C=C(C)C(=O)OCC1OC(C)C(NC(C)=O)C(OC2OC(C(=O)O)C(OC3OC(CO)C(O)C(OC4OC(C(=O)O)C(OC)C(O)C4O)C3NC(C)=O)C(O)C2O)C1O. The number of aliphatic carboxylic acids is 2. The number of amides is 2. The summed E-state index contributed by atoms with van der Waals surface area (Å²) in [4.78, 5) is 61.2. The number of carboxylic acid groups (broad SMARTS) is 2. The van der Waals surface area contributed by atoms with Crippen LogP contribution in [-0.4, -0.2) is 219 Å². The van der Waals surface area contributed by atoms with Crippen LogP contribution >= 0.6 is 0 Å². The van der Waals surface area contributed by atoms with Crippen molar-refractivity contribution in [1.82, 2.24) is 10.6 Å². The van der Waals surface area contributed by atoms with Gasteiger partial charge >= 0.3 is 17.9 Å². The van der Waals surface area contributed by atoms with Crippen LogP contribution in [-0.2, 0) is 66.6 Å². The molecule has 0 bridgehead atoms. The van der Waals surface area contributed by atoms with Crippen LogP contribution in [0.3, 0.4) is 0 Å². The Kier molecular flexibility index (Phi) is 16.6. The molecule has 4 heterocycles. The van der Waals surface area contributed by atoms with E-state index in [0.717, 1.165) is 21.0 Å². The minimum absolute atomic E-state index is 0.0380. The Labute approximate surface area is 335 Å². The molecule has 0 aliphatic carbocycles. The number of ether oxygens (including phenoxy) is 9. The third kappa shape index (κ3) is 10.9. The van der Waals surface area contributed by atoms with Crippen molar-refractivity contribution < 1.29 is 113 Å². The fourth-order valence-corrected chi connectivity index (χ4v) is 7.06. The number of carbonyl (C=O) groups excluding carboxylic acids is 3. The van der Waals surface area contributed by atoms with Gasteiger partial charge < -0.3 is 99.2 Å². The predicted molar refractivity (Wildman–Crippen MR) is 185 cm³/mol. The van der Waals surface area contributed by atoms with Crippen molar-refractivity contribution in [2.24, 2.45) is 0 Å². The first kappa shape index (κ1) is 48.2. The highest BCUT2D eigenvalue weighted by molar-refractivity contribution is 5.86. The molecule has 11 N–H and O–H groups in total. The van der Waals surface area contributed by atoms with Crippen LogP contribution in [0.25, 0.3) is 0 Å². The molecule has 0 aromatic heterocycles. The molecule has 4 aliphatic rings. The lowest BCUT2D eigenvalue weighted by molar-refractivity contribution is -0.366. The van der Waals surface area contributed by atoms with Gasteiger partial charge in [-0.3, -0.25) is 9.59 Å². The normalized spacial score (nSPS) is 42.6. The van der Waals surface area contributed by atoms with Crippen LogP contribution in [0, 0.1) is 0 Å². The lowest BCUT2D eigenvalue weighted by atomic mass is 9.92. The summed E-state index contributed by atoms with van der Waals surface area (Å²) in [6.45, 7) is 6.94. The topological polar surface area (TPSA) is 375 Å². The lowest BCUT2D eigenvalue weighted by Gasteiger charge is -2.50. The summed E-state index contributed by atoms with van der Waals surface area (Å²) in [6, 6.07) is -2.95. The standard InChI is InChI=1S/C34H52N2O23/c1-9(2)31(50)52-8-14-18(41)23(15(10(3)53-14)35-11(4)38)55-34-22(45)20(43)26(28(59-34)30(48)49)57-32-16(36-12(5)39)24(17(40)13(7-37)54-32)56-33-21(44)19(42)25(51-6)27(58-33)29(46)47/h10,13-28,32-34,37,40-45H,1,7-8H2,2-6H3,(H,35,38)(H,36,39)(H,46,47)(H,48,49). The molecule has 0 radical (unpaired) electrons. The van der Waals surface area contributed by atoms with Crippen LogP contribution in [0.4, 0.5) is 0 Å². The molecule has 0 saturated carbocycles. The van der Waals surface area contributed by atoms with E-state index < -0.39 is 165 Å². The molecular weight excluding hydrogens is 804 g/mol. The molecule has 4 rings (SSSR count). The van der Waals surface area contributed by atoms with Gasteiger partial charge in [0.2, 0.25) is 11.8 Å². The zero-order chi connectivity index (χ0) is 44.2. The van der Waals surface area contributed by atoms with Crippen molar-refractivity contribution in [3.63, 3.8) is 0 Å². The summed E-state index contributed by atoms with van der Waals surface area (Å²) in [6.07, 6.45) is -33.5. The fourth-order valence-electron chi connectivity index (χ4n) is 7.06. The number of nitrogens with one attached hydrogen (secondary N) is 2. The summed E-state index contributed by atoms with van der Waals surface area (Å²) in [5.41, 5.74) is 0.0380. The number of carbonyl (C=O) groups is 5. The number of rotatable bonds is 15. The summed E-state index contributed by atoms with van der Waals surface area (Å²) >= 11 is 0. The highest BCUT2D eigenvalue weighted by Gasteiger charge is 2.57. The van der Waals surface area contributed by atoms with Crippen molar-refractivity contribution in [3.05, 3.63) is 12.2 Å². The van der Waals surface area contributed by atoms with E-state index in [1.807, 2.05) is 0 Å². The molecule has 4 saturated heterocycles. The van der Waals surface area contributed by atoms with Gasteiger partial charge in [0.25, 0.3) is 0 Å². The Hall–Kier alpha value is -3.51. The first-order valence-corrected chi connectivity index (χ1v) is 18.3. The van der Waals surface area contributed by atoms with Crippen LogP contribution in [0.15, 0.2) is 12.2 Å². The molecule has 25 heteroatoms. The van der Waals surface area contributed by atoms with E-state index in [1.165, 1.54) is 13.8 Å². The van der Waals surface area contributed by atoms with E-state index in [1.54, 1.807) is 0 Å². The van der Waals surface area contributed by atoms with E-state index in [0.29, 0.717) is 0 Å². The van der Waals surface area contributed by atoms with Crippen molar-refractivity contribution in [3.8, 4) is 0 Å². The number of aliphatic hydroxyl groups excluding tert-OH is 7. The summed E-state index contributed by atoms with van der Waals surface area (Å²) in [7, 11) is 1.04. The zero-order valence-electron chi connectivity index (χ0n) is 32.4. The van der Waals surface area contributed by atoms with Gasteiger partial charge in [0.05, 0.1) is 18.8 Å². The highest BCUT2D eigenvalue weighted by atomic mass is 16.8. The Morgan fingerprint density at radius 2 is 1.07 bits per heavy atom. The number of esters is 1. The number of hydrogen-bond acceptors (Lipinski definition) is 21. The van der Waals surface area contributed by atoms with E-state index in [2.05, 4.69) is 17.2 Å². The molecule has 4 fully saturated rings. The smallest absolute Gasteiger partial charge is 0.335 e. The van der Waals surface area contributed by atoms with Crippen molar-refractivity contribution in [2.45, 2.75) is 150 Å². The van der Waals surface area contributed by atoms with Crippen LogP contribution < -0.4 is 10.6 Å². The Balaban J connectivity index is 1.62. The van der Waals surface area contributed by atoms with Gasteiger partial charge in [-0.2, -0.15) is 0 Å². The first-order chi connectivity index (χ1) is 27.6. The van der Waals surface area contributed by atoms with Gasteiger partial charge in [-0.1, -0.05) is 6.58 Å². The van der Waals surface area contributed by atoms with E-state index >= 15 is 0 Å². The van der Waals surface area contributed by atoms with Gasteiger partial charge in [0, 0.05) is 26.5 Å². The second kappa shape index (κ2) is 20.4. The van der Waals surface area contributed by atoms with Crippen LogP contribution in [0.5, 0.6) is 0 Å². The van der Waals surface area contributed by atoms with Crippen molar-refractivity contribution >= 4 is 29.7 Å². The first-order valence-electron chi connectivity index (χ1n) is 18.3. The van der Waals surface area contributed by atoms with E-state index in [4.69, 9.17) is 42.6 Å². The lowest BCUT2D eigenvalue weighted by Crippen LogP contribution is -2.70. The maximum absolute atomic E-state index is 12.7. The second-order valence-corrected chi connectivity index (χ2v) is 14.4. The average molecular weight is 857 g/mol. The van der Waals surface area contributed by atoms with Crippen LogP contribution in [0.1, 0.15) is 27.7 Å². The molecule has 20 atom stereocenters. The number of hydrogen-bond donors (Lipinski definition) is 11. The fraction of sp³-hybridized carbons (Fsp3) is 0.794. The number of carboxylic acids is 2. The molecular formula is C34H52N2O23. The quantitative estimate of drug-likeness (QED) is 0.0539. The van der Waals surface area contributed by atoms with Gasteiger partial charge in [-0.25, -0.2) is 14.4 Å². The second-order valence-electron chi connectivity index (χ2n) is 14.4. The third-order valence-corrected chi connectivity index (χ3v) is 10.0. The molecule has 25 nitrogen and oxygen atoms in total. The van der Waals surface area contributed by atoms with E-state index in [-0.39, 0.29) is 5.57 Å². The zero-order valence-corrected chi connectivity index (χ0v) is 32.4. The Morgan fingerprint density at radius 3 is 1.54 bits per heavy atom. The Morgan fingerprint density at radius 1 is 0.610 bits per heavy atom. The Bertz CT molecular complexity index is 1520. The maximum Gasteiger partial charge on any atom is 0.335 e. The largest absolute Gasteiger partial charge is 0.479 e. The summed E-state index contributed by atoms with van der Waals surface area (Å²) in [5, 5.41) is 101. The van der Waals surface area contributed by atoms with Crippen molar-refractivity contribution in [1.29, 1.82) is 0 Å². The third-order valence-electron chi connectivity index (χ3n) is 10.0. The molecule has 4 aliphatic heterocycles. The minimum Gasteiger partial charge on any atom is -0.479 e. The van der Waals surface area contributed by atoms with Gasteiger partial charge in [-0.15, -0.1) is 0 Å². The average Bonchev–Trinajstić information content (AvgIpc) is 3.16. The maximum atomic E-state index is 12.7. The monoisotopic (exact) mass is 856 g/mol. The molecule has 20 unspecified atom stereocenters. The van der Waals surface area contributed by atoms with Gasteiger partial charge in [0.15, 0.2) is 31.1 Å². The van der Waals surface area contributed by atoms with Crippen molar-refractivity contribution in [2.75, 3.05) is 20.3 Å². The van der Waals surface area contributed by atoms with Gasteiger partial charge in [-0.05, 0) is 13.8 Å². The predicted octanol–water partition coefficient (Wildman–Crippen LogP) is -6.43. The molecule has 2 amide bonds. The number of aliphatic hydroxyl groups is 7. The van der Waals surface area contributed by atoms with Crippen LogP contribution in [0.2, 0.25) is 0 Å². The van der Waals surface area contributed by atoms with E-state index in [9.17, 15) is 69.9 Å².